The summed E-state index contributed by atoms with van der Waals surface area (Å²) >= 11 is 13.6. The summed E-state index contributed by atoms with van der Waals surface area (Å²) in [7, 11) is 0. The van der Waals surface area contributed by atoms with E-state index in [1.165, 1.54) is 11.1 Å². The van der Waals surface area contributed by atoms with Gasteiger partial charge >= 0.3 is 0 Å². The summed E-state index contributed by atoms with van der Waals surface area (Å²) in [5.41, 5.74) is 2.38. The van der Waals surface area contributed by atoms with Crippen molar-refractivity contribution in [2.24, 2.45) is 0 Å². The zero-order valence-electron chi connectivity index (χ0n) is 12.1. The van der Waals surface area contributed by atoms with Crippen molar-refractivity contribution >= 4 is 35.0 Å². The predicted octanol–water partition coefficient (Wildman–Crippen LogP) is 5.35. The molecule has 0 fully saturated rings. The van der Waals surface area contributed by atoms with E-state index in [0.717, 1.165) is 29.4 Å². The first-order valence-electron chi connectivity index (χ1n) is 6.89. The Labute approximate surface area is 140 Å². The molecule has 0 amide bonds. The van der Waals surface area contributed by atoms with Gasteiger partial charge in [0.2, 0.25) is 0 Å². The Hall–Kier alpha value is -0.740. The van der Waals surface area contributed by atoms with Crippen molar-refractivity contribution in [1.29, 1.82) is 0 Å². The maximum Gasteiger partial charge on any atom is 0.104 e. The van der Waals surface area contributed by atoms with E-state index in [2.05, 4.69) is 30.2 Å². The van der Waals surface area contributed by atoms with Crippen LogP contribution in [0, 0.1) is 6.92 Å². The number of nitrogens with zero attached hydrogens (tertiary/aromatic N) is 1. The lowest BCUT2D eigenvalue weighted by Crippen LogP contribution is -2.14. The van der Waals surface area contributed by atoms with Crippen LogP contribution in [0.1, 0.15) is 24.5 Å². The molecule has 2 nitrogen and oxygen atoms in total. The van der Waals surface area contributed by atoms with Crippen molar-refractivity contribution in [2.75, 3.05) is 6.54 Å². The molecule has 0 saturated carbocycles. The fourth-order valence-electron chi connectivity index (χ4n) is 1.89. The predicted molar refractivity (Wildman–Crippen MR) is 91.6 cm³/mol. The summed E-state index contributed by atoms with van der Waals surface area (Å²) < 4.78 is 0. The second-order valence-electron chi connectivity index (χ2n) is 4.82. The van der Waals surface area contributed by atoms with E-state index in [4.69, 9.17) is 23.2 Å². The van der Waals surface area contributed by atoms with E-state index < -0.39 is 0 Å². The Kier molecular flexibility index (Phi) is 6.37. The Morgan fingerprint density at radius 1 is 1.19 bits per heavy atom. The van der Waals surface area contributed by atoms with Crippen LogP contribution in [0.4, 0.5) is 0 Å². The van der Waals surface area contributed by atoms with Gasteiger partial charge in [-0.25, -0.2) is 4.98 Å². The molecular formula is C16H18Cl2N2S. The van der Waals surface area contributed by atoms with Crippen molar-refractivity contribution in [3.63, 3.8) is 0 Å². The van der Waals surface area contributed by atoms with Gasteiger partial charge in [0.25, 0.3) is 0 Å². The zero-order valence-corrected chi connectivity index (χ0v) is 14.4. The average molecular weight is 341 g/mol. The number of hydrogen-bond donors (Lipinski definition) is 1. The molecule has 0 radical (unpaired) electrons. The van der Waals surface area contributed by atoms with Crippen molar-refractivity contribution in [2.45, 2.75) is 36.7 Å². The Morgan fingerprint density at radius 3 is 2.67 bits per heavy atom. The van der Waals surface area contributed by atoms with Gasteiger partial charge < -0.3 is 5.32 Å². The van der Waals surface area contributed by atoms with Gasteiger partial charge in [-0.2, -0.15) is 0 Å². The third-order valence-corrected chi connectivity index (χ3v) is 4.80. The maximum atomic E-state index is 6.04. The van der Waals surface area contributed by atoms with Crippen LogP contribution in [0.2, 0.25) is 10.0 Å². The van der Waals surface area contributed by atoms with E-state index in [9.17, 15) is 0 Å². The normalized spacial score (nSPS) is 10.9. The summed E-state index contributed by atoms with van der Waals surface area (Å²) in [6.07, 6.45) is 3.06. The molecule has 112 valence electrons. The molecule has 21 heavy (non-hydrogen) atoms. The molecule has 5 heteroatoms. The first kappa shape index (κ1) is 16.6. The third-order valence-electron chi connectivity index (χ3n) is 2.95. The van der Waals surface area contributed by atoms with Gasteiger partial charge in [-0.1, -0.05) is 48.0 Å². The highest BCUT2D eigenvalue weighted by Gasteiger charge is 2.06. The highest BCUT2D eigenvalue weighted by molar-refractivity contribution is 7.99. The highest BCUT2D eigenvalue weighted by Crippen LogP contribution is 2.33. The summed E-state index contributed by atoms with van der Waals surface area (Å²) in [6, 6.07) is 7.81. The third kappa shape index (κ3) is 4.89. The second-order valence-corrected chi connectivity index (χ2v) is 6.70. The quantitative estimate of drug-likeness (QED) is 0.717. The topological polar surface area (TPSA) is 24.9 Å². The second kappa shape index (κ2) is 8.04. The molecule has 2 aromatic rings. The highest BCUT2D eigenvalue weighted by atomic mass is 35.5. The van der Waals surface area contributed by atoms with Crippen molar-refractivity contribution in [3.05, 3.63) is 51.6 Å². The van der Waals surface area contributed by atoms with E-state index in [1.54, 1.807) is 11.8 Å². The molecule has 2 rings (SSSR count). The number of rotatable bonds is 6. The summed E-state index contributed by atoms with van der Waals surface area (Å²) in [5.74, 6) is 0. The van der Waals surface area contributed by atoms with Crippen LogP contribution in [-0.4, -0.2) is 11.5 Å². The fraction of sp³-hybridized carbons (Fsp3) is 0.312. The SMILES string of the molecule is CCCNCc1cnc(Sc2ccc(Cl)c(Cl)c2)c(C)c1. The van der Waals surface area contributed by atoms with Gasteiger partial charge in [0.1, 0.15) is 5.03 Å². The summed E-state index contributed by atoms with van der Waals surface area (Å²) in [5, 5.41) is 5.52. The molecule has 0 unspecified atom stereocenters. The molecule has 1 aromatic heterocycles. The molecule has 1 aromatic carbocycles. The molecule has 0 saturated heterocycles. The number of pyridine rings is 1. The standard InChI is InChI=1S/C16H18Cl2N2S/c1-3-6-19-9-12-7-11(2)16(20-10-12)21-13-4-5-14(17)15(18)8-13/h4-5,7-8,10,19H,3,6,9H2,1-2H3. The molecule has 0 atom stereocenters. The van der Waals surface area contributed by atoms with Crippen LogP contribution < -0.4 is 5.32 Å². The zero-order chi connectivity index (χ0) is 15.2. The number of halogens is 2. The lowest BCUT2D eigenvalue weighted by Gasteiger charge is -2.08. The number of aryl methyl sites for hydroxylation is 1. The average Bonchev–Trinajstić information content (AvgIpc) is 2.46. The molecule has 0 aliphatic heterocycles. The first-order chi connectivity index (χ1) is 10.1. The minimum absolute atomic E-state index is 0.569. The van der Waals surface area contributed by atoms with Gasteiger partial charge in [-0.05, 0) is 49.2 Å². The van der Waals surface area contributed by atoms with Crippen LogP contribution in [-0.2, 0) is 6.54 Å². The molecular weight excluding hydrogens is 323 g/mol. The summed E-state index contributed by atoms with van der Waals surface area (Å²) in [6.45, 7) is 6.13. The minimum Gasteiger partial charge on any atom is -0.313 e. The van der Waals surface area contributed by atoms with Crippen molar-refractivity contribution in [1.82, 2.24) is 10.3 Å². The van der Waals surface area contributed by atoms with Crippen LogP contribution >= 0.6 is 35.0 Å². The molecule has 0 aliphatic rings. The number of hydrogen-bond acceptors (Lipinski definition) is 3. The number of benzene rings is 1. The van der Waals surface area contributed by atoms with Crippen LogP contribution in [0.3, 0.4) is 0 Å². The minimum atomic E-state index is 0.569. The molecule has 0 bridgehead atoms. The molecule has 0 aliphatic carbocycles. The van der Waals surface area contributed by atoms with Crippen molar-refractivity contribution < 1.29 is 0 Å². The number of nitrogens with one attached hydrogen (secondary N) is 1. The first-order valence-corrected chi connectivity index (χ1v) is 8.46. The Bertz CT molecular complexity index is 617. The smallest absolute Gasteiger partial charge is 0.104 e. The molecule has 1 N–H and O–H groups in total. The van der Waals surface area contributed by atoms with Crippen molar-refractivity contribution in [3.8, 4) is 0 Å². The lowest BCUT2D eigenvalue weighted by atomic mass is 10.2. The van der Waals surface area contributed by atoms with Crippen LogP contribution in [0.15, 0.2) is 40.4 Å². The maximum absolute atomic E-state index is 6.04. The van der Waals surface area contributed by atoms with E-state index >= 15 is 0 Å². The van der Waals surface area contributed by atoms with E-state index in [-0.39, 0.29) is 0 Å². The largest absolute Gasteiger partial charge is 0.313 e. The van der Waals surface area contributed by atoms with E-state index in [0.29, 0.717) is 10.0 Å². The number of aromatic nitrogens is 1. The van der Waals surface area contributed by atoms with Gasteiger partial charge in [0, 0.05) is 17.6 Å². The summed E-state index contributed by atoms with van der Waals surface area (Å²) in [4.78, 5) is 5.59. The molecule has 1 heterocycles. The van der Waals surface area contributed by atoms with Gasteiger partial charge in [0.05, 0.1) is 10.0 Å². The van der Waals surface area contributed by atoms with E-state index in [1.807, 2.05) is 24.4 Å². The van der Waals surface area contributed by atoms with Crippen LogP contribution in [0.25, 0.3) is 0 Å². The van der Waals surface area contributed by atoms with Crippen LogP contribution in [0.5, 0.6) is 0 Å². The lowest BCUT2D eigenvalue weighted by molar-refractivity contribution is 0.672. The Morgan fingerprint density at radius 2 is 2.00 bits per heavy atom. The van der Waals surface area contributed by atoms with Gasteiger partial charge in [-0.3, -0.25) is 0 Å². The Balaban J connectivity index is 2.08. The monoisotopic (exact) mass is 340 g/mol. The molecule has 0 spiro atoms. The van der Waals surface area contributed by atoms with Gasteiger partial charge in [-0.15, -0.1) is 0 Å². The fourth-order valence-corrected chi connectivity index (χ4v) is 3.11. The van der Waals surface area contributed by atoms with Gasteiger partial charge in [0.15, 0.2) is 0 Å².